The molecule has 0 bridgehead atoms. The second-order valence-electron chi connectivity index (χ2n) is 3.82. The molecule has 4 heteroatoms. The average Bonchev–Trinajstić information content (AvgIpc) is 2.28. The zero-order valence-corrected chi connectivity index (χ0v) is 11.2. The van der Waals surface area contributed by atoms with Crippen LogP contribution < -0.4 is 0 Å². The number of hydrogen-bond acceptors (Lipinski definition) is 2. The van der Waals surface area contributed by atoms with Crippen molar-refractivity contribution in [3.05, 3.63) is 45.7 Å². The van der Waals surface area contributed by atoms with E-state index in [0.717, 1.165) is 23.2 Å². The van der Waals surface area contributed by atoms with Crippen molar-refractivity contribution in [3.8, 4) is 11.4 Å². The van der Waals surface area contributed by atoms with Crippen LogP contribution in [0.5, 0.6) is 0 Å². The van der Waals surface area contributed by atoms with Crippen LogP contribution in [0.1, 0.15) is 18.2 Å². The topological polar surface area (TPSA) is 25.8 Å². The predicted molar refractivity (Wildman–Crippen MR) is 71.6 cm³/mol. The van der Waals surface area contributed by atoms with Gasteiger partial charge < -0.3 is 0 Å². The molecule has 1 aromatic heterocycles. The van der Waals surface area contributed by atoms with Gasteiger partial charge in [0.05, 0.1) is 0 Å². The van der Waals surface area contributed by atoms with E-state index in [0.29, 0.717) is 16.0 Å². The molecule has 0 atom stereocenters. The number of hydrogen-bond donors (Lipinski definition) is 0. The lowest BCUT2D eigenvalue weighted by Gasteiger charge is -2.07. The summed E-state index contributed by atoms with van der Waals surface area (Å²) in [7, 11) is 0. The Kier molecular flexibility index (Phi) is 3.65. The lowest BCUT2D eigenvalue weighted by molar-refractivity contribution is 1.00. The number of aryl methyl sites for hydroxylation is 2. The fraction of sp³-hybridized carbons (Fsp3) is 0.231. The highest BCUT2D eigenvalue weighted by Crippen LogP contribution is 2.24. The summed E-state index contributed by atoms with van der Waals surface area (Å²) in [4.78, 5) is 8.73. The maximum atomic E-state index is 5.99. The summed E-state index contributed by atoms with van der Waals surface area (Å²) in [6.07, 6.45) is 0.835. The first-order valence-electron chi connectivity index (χ1n) is 5.40. The molecule has 0 amide bonds. The Bertz CT molecular complexity index is 553. The van der Waals surface area contributed by atoms with Gasteiger partial charge in [0.15, 0.2) is 5.82 Å². The van der Waals surface area contributed by atoms with Crippen LogP contribution in [-0.2, 0) is 6.42 Å². The van der Waals surface area contributed by atoms with Gasteiger partial charge in [-0.05, 0) is 43.2 Å². The first-order valence-corrected chi connectivity index (χ1v) is 6.15. The zero-order chi connectivity index (χ0) is 12.4. The van der Waals surface area contributed by atoms with Crippen LogP contribution in [0.15, 0.2) is 24.3 Å². The van der Waals surface area contributed by atoms with E-state index in [4.69, 9.17) is 23.2 Å². The zero-order valence-electron chi connectivity index (χ0n) is 9.67. The van der Waals surface area contributed by atoms with Gasteiger partial charge in [-0.25, -0.2) is 9.97 Å². The van der Waals surface area contributed by atoms with Gasteiger partial charge in [-0.2, -0.15) is 0 Å². The second kappa shape index (κ2) is 5.03. The third kappa shape index (κ3) is 2.76. The Morgan fingerprint density at radius 3 is 2.53 bits per heavy atom. The summed E-state index contributed by atoms with van der Waals surface area (Å²) in [6.45, 7) is 4.02. The third-order valence-corrected chi connectivity index (χ3v) is 2.97. The highest BCUT2D eigenvalue weighted by Gasteiger charge is 2.08. The van der Waals surface area contributed by atoms with Crippen LogP contribution in [0.3, 0.4) is 0 Å². The van der Waals surface area contributed by atoms with E-state index in [2.05, 4.69) is 9.97 Å². The maximum absolute atomic E-state index is 5.99. The van der Waals surface area contributed by atoms with Crippen molar-refractivity contribution in [2.24, 2.45) is 0 Å². The summed E-state index contributed by atoms with van der Waals surface area (Å²) in [5.41, 5.74) is 2.95. The highest BCUT2D eigenvalue weighted by atomic mass is 35.5. The van der Waals surface area contributed by atoms with Gasteiger partial charge in [0.2, 0.25) is 0 Å². The Labute approximate surface area is 111 Å². The van der Waals surface area contributed by atoms with Gasteiger partial charge in [-0.1, -0.05) is 30.1 Å². The fourth-order valence-electron chi connectivity index (χ4n) is 1.64. The van der Waals surface area contributed by atoms with Crippen molar-refractivity contribution in [2.45, 2.75) is 20.3 Å². The van der Waals surface area contributed by atoms with Crippen molar-refractivity contribution in [1.29, 1.82) is 0 Å². The van der Waals surface area contributed by atoms with Gasteiger partial charge >= 0.3 is 0 Å². The molecule has 0 aliphatic rings. The minimum Gasteiger partial charge on any atom is -0.233 e. The van der Waals surface area contributed by atoms with E-state index < -0.39 is 0 Å². The molecule has 0 aliphatic heterocycles. The van der Waals surface area contributed by atoms with Crippen LogP contribution in [-0.4, -0.2) is 9.97 Å². The molecular weight excluding hydrogens is 255 g/mol. The molecule has 0 aliphatic carbocycles. The molecule has 0 N–H and O–H groups in total. The minimum atomic E-state index is 0.473. The molecule has 2 nitrogen and oxygen atoms in total. The SMILES string of the molecule is CCc1cc(Cl)nc(-c2ccc(Cl)cc2C)n1. The van der Waals surface area contributed by atoms with E-state index in [1.807, 2.05) is 32.0 Å². The molecule has 0 radical (unpaired) electrons. The van der Waals surface area contributed by atoms with Crippen molar-refractivity contribution >= 4 is 23.2 Å². The first-order chi connectivity index (χ1) is 8.10. The van der Waals surface area contributed by atoms with Crippen LogP contribution in [0, 0.1) is 6.92 Å². The fourth-order valence-corrected chi connectivity index (χ4v) is 2.08. The maximum Gasteiger partial charge on any atom is 0.161 e. The van der Waals surface area contributed by atoms with E-state index in [1.165, 1.54) is 0 Å². The van der Waals surface area contributed by atoms with Gasteiger partial charge in [-0.15, -0.1) is 0 Å². The lowest BCUT2D eigenvalue weighted by Crippen LogP contribution is -1.96. The monoisotopic (exact) mass is 266 g/mol. The third-order valence-electron chi connectivity index (χ3n) is 2.54. The van der Waals surface area contributed by atoms with E-state index in [-0.39, 0.29) is 0 Å². The molecule has 2 aromatic rings. The number of benzene rings is 1. The summed E-state index contributed by atoms with van der Waals surface area (Å²) in [5.74, 6) is 0.656. The summed E-state index contributed by atoms with van der Waals surface area (Å²) < 4.78 is 0. The molecule has 17 heavy (non-hydrogen) atoms. The van der Waals surface area contributed by atoms with Gasteiger partial charge in [0, 0.05) is 16.3 Å². The van der Waals surface area contributed by atoms with Crippen LogP contribution in [0.25, 0.3) is 11.4 Å². The molecule has 0 fully saturated rings. The van der Waals surface area contributed by atoms with Crippen LogP contribution in [0.2, 0.25) is 10.2 Å². The van der Waals surface area contributed by atoms with Crippen LogP contribution in [0.4, 0.5) is 0 Å². The molecule has 88 valence electrons. The molecule has 0 spiro atoms. The summed E-state index contributed by atoms with van der Waals surface area (Å²) >= 11 is 11.9. The molecular formula is C13H12Cl2N2. The summed E-state index contributed by atoms with van der Waals surface area (Å²) in [5, 5.41) is 1.19. The smallest absolute Gasteiger partial charge is 0.161 e. The molecule has 0 saturated carbocycles. The van der Waals surface area contributed by atoms with E-state index >= 15 is 0 Å². The normalized spacial score (nSPS) is 10.6. The lowest BCUT2D eigenvalue weighted by atomic mass is 10.1. The first kappa shape index (κ1) is 12.3. The Morgan fingerprint density at radius 1 is 1.12 bits per heavy atom. The van der Waals surface area contributed by atoms with Crippen LogP contribution >= 0.6 is 23.2 Å². The van der Waals surface area contributed by atoms with Crippen molar-refractivity contribution in [3.63, 3.8) is 0 Å². The highest BCUT2D eigenvalue weighted by molar-refractivity contribution is 6.30. The standard InChI is InChI=1S/C13H12Cl2N2/c1-3-10-7-12(15)17-13(16-10)11-5-4-9(14)6-8(11)2/h4-7H,3H2,1-2H3. The minimum absolute atomic E-state index is 0.473. The Balaban J connectivity index is 2.55. The largest absolute Gasteiger partial charge is 0.233 e. The quantitative estimate of drug-likeness (QED) is 0.757. The van der Waals surface area contributed by atoms with E-state index in [9.17, 15) is 0 Å². The molecule has 1 aromatic carbocycles. The Hall–Kier alpha value is -1.12. The number of rotatable bonds is 2. The van der Waals surface area contributed by atoms with Crippen molar-refractivity contribution < 1.29 is 0 Å². The Morgan fingerprint density at radius 2 is 1.88 bits per heavy atom. The molecule has 0 unspecified atom stereocenters. The van der Waals surface area contributed by atoms with Gasteiger partial charge in [0.1, 0.15) is 5.15 Å². The second-order valence-corrected chi connectivity index (χ2v) is 4.64. The molecule has 2 rings (SSSR count). The summed E-state index contributed by atoms with van der Waals surface area (Å²) in [6, 6.07) is 7.44. The van der Waals surface area contributed by atoms with Gasteiger partial charge in [-0.3, -0.25) is 0 Å². The van der Waals surface area contributed by atoms with Gasteiger partial charge in [0.25, 0.3) is 0 Å². The number of halogens is 2. The van der Waals surface area contributed by atoms with Crippen molar-refractivity contribution in [2.75, 3.05) is 0 Å². The number of aromatic nitrogens is 2. The van der Waals surface area contributed by atoms with Crippen molar-refractivity contribution in [1.82, 2.24) is 9.97 Å². The predicted octanol–water partition coefficient (Wildman–Crippen LogP) is 4.32. The molecule has 0 saturated heterocycles. The number of nitrogens with zero attached hydrogens (tertiary/aromatic N) is 2. The van der Waals surface area contributed by atoms with E-state index in [1.54, 1.807) is 6.07 Å². The molecule has 1 heterocycles. The average molecular weight is 267 g/mol.